The number of carbonyl (C=O) groups is 1. The summed E-state index contributed by atoms with van der Waals surface area (Å²) in [7, 11) is -0.249. The quantitative estimate of drug-likeness (QED) is 0.0388. The molecule has 1 saturated heterocycles. The third kappa shape index (κ3) is 14.2. The first-order chi connectivity index (χ1) is 20.1. The molecule has 0 aliphatic carbocycles. The van der Waals surface area contributed by atoms with Gasteiger partial charge < -0.3 is 23.7 Å². The summed E-state index contributed by atoms with van der Waals surface area (Å²) in [5.41, 5.74) is 0.614. The van der Waals surface area contributed by atoms with Crippen LogP contribution in [0.1, 0.15) is 101 Å². The van der Waals surface area contributed by atoms with Crippen molar-refractivity contribution in [2.24, 2.45) is 23.7 Å². The first-order valence-corrected chi connectivity index (χ1v) is 19.7. The Morgan fingerprint density at radius 2 is 1.77 bits per heavy atom. The van der Waals surface area contributed by atoms with Gasteiger partial charge in [0.2, 0.25) is 0 Å². The zero-order valence-electron chi connectivity index (χ0n) is 29.7. The third-order valence-electron chi connectivity index (χ3n) is 9.35. The molecule has 0 saturated carbocycles. The van der Waals surface area contributed by atoms with Crippen LogP contribution in [0, 0.1) is 23.7 Å². The fraction of sp³-hybridized carbons (Fsp3) is 0.806. The van der Waals surface area contributed by atoms with E-state index in [1.165, 1.54) is 0 Å². The number of ether oxygens (including phenoxy) is 3. The summed E-state index contributed by atoms with van der Waals surface area (Å²) in [6.45, 7) is 24.7. The van der Waals surface area contributed by atoms with Gasteiger partial charge in [-0.1, -0.05) is 78.8 Å². The number of aliphatic hydroxyl groups excluding tert-OH is 1. The van der Waals surface area contributed by atoms with E-state index >= 15 is 0 Å². The van der Waals surface area contributed by atoms with Crippen LogP contribution >= 0.6 is 0 Å². The van der Waals surface area contributed by atoms with Crippen LogP contribution in [0.4, 0.5) is 0 Å². The molecule has 8 atom stereocenters. The molecule has 1 N–H and O–H groups in total. The average molecular weight is 623 g/mol. The lowest BCUT2D eigenvalue weighted by atomic mass is 9.91. The number of esters is 1. The lowest BCUT2D eigenvalue weighted by Gasteiger charge is -2.39. The Hall–Kier alpha value is -1.25. The van der Waals surface area contributed by atoms with Crippen molar-refractivity contribution < 1.29 is 28.5 Å². The fourth-order valence-electron chi connectivity index (χ4n) is 5.26. The molecule has 1 heterocycles. The average Bonchev–Trinajstić information content (AvgIpc) is 3.33. The molecule has 250 valence electrons. The van der Waals surface area contributed by atoms with Crippen LogP contribution in [0.25, 0.3) is 0 Å². The predicted octanol–water partition coefficient (Wildman–Crippen LogP) is 8.66. The highest BCUT2D eigenvalue weighted by atomic mass is 28.4. The Kier molecular flexibility index (Phi) is 17.9. The Balaban J connectivity index is 3.03. The van der Waals surface area contributed by atoms with Crippen LogP contribution in [0.2, 0.25) is 18.1 Å². The third-order valence-corrected chi connectivity index (χ3v) is 13.9. The van der Waals surface area contributed by atoms with Gasteiger partial charge >= 0.3 is 5.97 Å². The molecule has 1 aliphatic rings. The molecular formula is C36H66O6Si. The molecule has 7 heteroatoms. The molecule has 0 aromatic rings. The minimum Gasteiger partial charge on any atom is -0.462 e. The molecule has 43 heavy (non-hydrogen) atoms. The van der Waals surface area contributed by atoms with Gasteiger partial charge in [0, 0.05) is 19.6 Å². The topological polar surface area (TPSA) is 74.2 Å². The Morgan fingerprint density at radius 1 is 1.09 bits per heavy atom. The minimum atomic E-state index is -2.00. The number of hydrogen-bond donors (Lipinski definition) is 1. The lowest BCUT2D eigenvalue weighted by Crippen LogP contribution is -2.43. The van der Waals surface area contributed by atoms with E-state index in [4.69, 9.17) is 18.6 Å². The molecule has 0 aromatic heterocycles. The van der Waals surface area contributed by atoms with Crippen molar-refractivity contribution in [3.05, 3.63) is 36.0 Å². The summed E-state index contributed by atoms with van der Waals surface area (Å²) >= 11 is 0. The van der Waals surface area contributed by atoms with E-state index in [0.717, 1.165) is 38.5 Å². The Bertz CT molecular complexity index is 889. The number of unbranched alkanes of at least 4 members (excludes halogenated alkanes) is 1. The van der Waals surface area contributed by atoms with Gasteiger partial charge in [0.15, 0.2) is 8.32 Å². The van der Waals surface area contributed by atoms with Crippen molar-refractivity contribution >= 4 is 14.3 Å². The SMILES string of the molecule is CCOC(=O)C(=C\[C@H](C)CC[C@@H](/C=C/[C@H](C)[C@@H]1O[C@@H]([C@H](C)OC)C[C@@H]1C)O[Si](C)(C)C(C)(C)C)/C=C/CCC[C@@H](C)CO. The highest BCUT2D eigenvalue weighted by Crippen LogP contribution is 2.38. The van der Waals surface area contributed by atoms with E-state index in [-0.39, 0.29) is 53.9 Å². The van der Waals surface area contributed by atoms with Crippen LogP contribution in [0.3, 0.4) is 0 Å². The lowest BCUT2D eigenvalue weighted by molar-refractivity contribution is -0.138. The number of allylic oxidation sites excluding steroid dienone is 2. The van der Waals surface area contributed by atoms with E-state index in [1.807, 2.05) is 19.1 Å². The largest absolute Gasteiger partial charge is 0.462 e. The molecule has 1 aliphatic heterocycles. The minimum absolute atomic E-state index is 0.000281. The van der Waals surface area contributed by atoms with Crippen LogP contribution < -0.4 is 0 Å². The van der Waals surface area contributed by atoms with Gasteiger partial charge in [-0.25, -0.2) is 4.79 Å². The number of hydrogen-bond acceptors (Lipinski definition) is 6. The summed E-state index contributed by atoms with van der Waals surface area (Å²) < 4.78 is 24.3. The van der Waals surface area contributed by atoms with E-state index in [0.29, 0.717) is 24.0 Å². The van der Waals surface area contributed by atoms with Gasteiger partial charge in [-0.2, -0.15) is 0 Å². The molecule has 6 nitrogen and oxygen atoms in total. The number of aliphatic hydroxyl groups is 1. The van der Waals surface area contributed by atoms with Gasteiger partial charge in [0.1, 0.15) is 0 Å². The second-order valence-electron chi connectivity index (χ2n) is 14.5. The zero-order valence-corrected chi connectivity index (χ0v) is 30.7. The van der Waals surface area contributed by atoms with Crippen molar-refractivity contribution in [2.75, 3.05) is 20.3 Å². The van der Waals surface area contributed by atoms with Gasteiger partial charge in [-0.05, 0) is 88.3 Å². The first-order valence-electron chi connectivity index (χ1n) is 16.8. The summed E-state index contributed by atoms with van der Waals surface area (Å²) in [5.74, 6) is 0.956. The smallest absolute Gasteiger partial charge is 0.337 e. The van der Waals surface area contributed by atoms with Crippen LogP contribution in [-0.4, -0.2) is 64.1 Å². The van der Waals surface area contributed by atoms with Crippen LogP contribution in [-0.2, 0) is 23.4 Å². The molecule has 1 fully saturated rings. The standard InChI is InChI=1S/C36H66O6Si/c1-13-40-35(38)31(18-16-14-15-17-27(3)25-37)23-26(2)19-21-32(42-43(11,12)36(7,8)9)22-20-28(4)34-29(5)24-33(41-34)30(6)39-10/h16,18,20,22-23,26-30,32-34,37H,13-15,17,19,21,24-25H2,1-12H3/b18-16+,22-20+,31-23-/t26-,27-,28+,29+,30+,32+,33-,34+/m1/s1. The molecule has 0 amide bonds. The maximum Gasteiger partial charge on any atom is 0.337 e. The fourth-order valence-corrected chi connectivity index (χ4v) is 6.56. The maximum atomic E-state index is 12.7. The molecule has 0 radical (unpaired) electrons. The Morgan fingerprint density at radius 3 is 2.35 bits per heavy atom. The summed E-state index contributed by atoms with van der Waals surface area (Å²) in [4.78, 5) is 12.7. The van der Waals surface area contributed by atoms with Gasteiger partial charge in [-0.3, -0.25) is 0 Å². The van der Waals surface area contributed by atoms with E-state index < -0.39 is 8.32 Å². The van der Waals surface area contributed by atoms with Crippen molar-refractivity contribution in [1.29, 1.82) is 0 Å². The van der Waals surface area contributed by atoms with Crippen molar-refractivity contribution in [1.82, 2.24) is 0 Å². The number of carbonyl (C=O) groups excluding carboxylic acids is 1. The highest BCUT2D eigenvalue weighted by Gasteiger charge is 2.40. The summed E-state index contributed by atoms with van der Waals surface area (Å²) in [6, 6.07) is 0. The molecule has 1 rings (SSSR count). The van der Waals surface area contributed by atoms with Gasteiger partial charge in [0.25, 0.3) is 0 Å². The molecular weight excluding hydrogens is 556 g/mol. The zero-order chi connectivity index (χ0) is 32.8. The molecule has 0 bridgehead atoms. The van der Waals surface area contributed by atoms with E-state index in [1.54, 1.807) is 7.11 Å². The van der Waals surface area contributed by atoms with E-state index in [9.17, 15) is 9.90 Å². The van der Waals surface area contributed by atoms with Crippen LogP contribution in [0.5, 0.6) is 0 Å². The van der Waals surface area contributed by atoms with Crippen molar-refractivity contribution in [3.63, 3.8) is 0 Å². The number of rotatable bonds is 19. The van der Waals surface area contributed by atoms with Crippen molar-refractivity contribution in [2.45, 2.75) is 143 Å². The van der Waals surface area contributed by atoms with Crippen molar-refractivity contribution in [3.8, 4) is 0 Å². The van der Waals surface area contributed by atoms with E-state index in [2.05, 4.69) is 86.7 Å². The maximum absolute atomic E-state index is 12.7. The molecule has 0 spiro atoms. The highest BCUT2D eigenvalue weighted by molar-refractivity contribution is 6.74. The number of methoxy groups -OCH3 is 1. The first kappa shape index (κ1) is 39.8. The second-order valence-corrected chi connectivity index (χ2v) is 19.2. The predicted molar refractivity (Wildman–Crippen MR) is 182 cm³/mol. The van der Waals surface area contributed by atoms with Crippen LogP contribution in [0.15, 0.2) is 36.0 Å². The normalized spacial score (nSPS) is 23.9. The van der Waals surface area contributed by atoms with Gasteiger partial charge in [0.05, 0.1) is 36.6 Å². The second kappa shape index (κ2) is 19.3. The summed E-state index contributed by atoms with van der Waals surface area (Å²) in [6.07, 6.45) is 16.6. The summed E-state index contributed by atoms with van der Waals surface area (Å²) in [5, 5.41) is 9.36. The molecule has 0 unspecified atom stereocenters. The molecule has 0 aromatic carbocycles. The Labute approximate surface area is 265 Å². The van der Waals surface area contributed by atoms with Gasteiger partial charge in [-0.15, -0.1) is 0 Å². The monoisotopic (exact) mass is 622 g/mol.